The highest BCUT2D eigenvalue weighted by atomic mass is 32.2. The van der Waals surface area contributed by atoms with Gasteiger partial charge in [-0.15, -0.1) is 0 Å². The lowest BCUT2D eigenvalue weighted by Crippen LogP contribution is -2.31. The molecule has 3 fully saturated rings. The second-order valence-corrected chi connectivity index (χ2v) is 12.9. The van der Waals surface area contributed by atoms with Gasteiger partial charge in [0.15, 0.2) is 6.23 Å². The van der Waals surface area contributed by atoms with Crippen LogP contribution in [0.5, 0.6) is 0 Å². The van der Waals surface area contributed by atoms with E-state index in [4.69, 9.17) is 19.0 Å². The van der Waals surface area contributed by atoms with Gasteiger partial charge in [-0.1, -0.05) is 17.7 Å². The average molecular weight is 548 g/mol. The van der Waals surface area contributed by atoms with Gasteiger partial charge in [0.2, 0.25) is 0 Å². The predicted molar refractivity (Wildman–Crippen MR) is 146 cm³/mol. The quantitative estimate of drug-likeness (QED) is 0.267. The van der Waals surface area contributed by atoms with Crippen molar-refractivity contribution in [2.45, 2.75) is 75.0 Å². The van der Waals surface area contributed by atoms with E-state index in [1.165, 1.54) is 0 Å². The van der Waals surface area contributed by atoms with E-state index in [9.17, 15) is 8.42 Å². The first-order chi connectivity index (χ1) is 18.9. The van der Waals surface area contributed by atoms with Crippen LogP contribution in [-0.4, -0.2) is 46.2 Å². The monoisotopic (exact) mass is 547 g/mol. The second kappa shape index (κ2) is 9.83. The van der Waals surface area contributed by atoms with Gasteiger partial charge in [0.05, 0.1) is 40.6 Å². The molecule has 3 aromatic heterocycles. The molecule has 1 aromatic carbocycles. The molecule has 3 aliphatic rings. The zero-order chi connectivity index (χ0) is 26.6. The molecule has 1 atom stereocenters. The van der Waals surface area contributed by atoms with E-state index in [0.29, 0.717) is 5.92 Å². The third-order valence-corrected chi connectivity index (χ3v) is 9.53. The van der Waals surface area contributed by atoms with Crippen molar-refractivity contribution >= 4 is 21.2 Å². The standard InChI is InChI=1S/C29H33N5O4S/c1-19-5-9-23(10-6-19)39(35,36)38-18-20-14-22(15-20)33-17-24(29(32-33)21-7-8-21)25-11-12-27-26(31-25)16-30-34(27)28-4-2-3-13-37-28/h5-6,9-12,16-17,20-22,28H,2-4,7-8,13-15,18H2,1H3. The minimum absolute atomic E-state index is 0.0175. The number of nitrogens with zero attached hydrogens (tertiary/aromatic N) is 5. The summed E-state index contributed by atoms with van der Waals surface area (Å²) in [6.07, 6.45) is 11.2. The van der Waals surface area contributed by atoms with E-state index in [1.807, 2.05) is 17.8 Å². The Hall–Kier alpha value is -3.08. The summed E-state index contributed by atoms with van der Waals surface area (Å²) >= 11 is 0. The highest BCUT2D eigenvalue weighted by molar-refractivity contribution is 7.86. The van der Waals surface area contributed by atoms with Crippen molar-refractivity contribution in [3.05, 3.63) is 60.0 Å². The van der Waals surface area contributed by atoms with Crippen molar-refractivity contribution in [1.82, 2.24) is 24.5 Å². The van der Waals surface area contributed by atoms with Crippen molar-refractivity contribution in [2.24, 2.45) is 5.92 Å². The molecule has 7 rings (SSSR count). The van der Waals surface area contributed by atoms with Gasteiger partial charge in [0.25, 0.3) is 10.1 Å². The SMILES string of the molecule is Cc1ccc(S(=O)(=O)OCC2CC(n3cc(-c4ccc5c(cnn5C5CCCCO5)n4)c(C4CC4)n3)C2)cc1. The summed E-state index contributed by atoms with van der Waals surface area (Å²) in [6, 6.07) is 11.2. The van der Waals surface area contributed by atoms with Gasteiger partial charge in [-0.25, -0.2) is 9.67 Å². The molecule has 9 nitrogen and oxygen atoms in total. The Balaban J connectivity index is 1.05. The molecule has 2 aliphatic carbocycles. The lowest BCUT2D eigenvalue weighted by molar-refractivity contribution is -0.0366. The van der Waals surface area contributed by atoms with Gasteiger partial charge in [0, 0.05) is 24.3 Å². The molecule has 1 aliphatic heterocycles. The summed E-state index contributed by atoms with van der Waals surface area (Å²) in [6.45, 7) is 2.90. The van der Waals surface area contributed by atoms with Crippen LogP contribution in [0.2, 0.25) is 0 Å². The fourth-order valence-electron chi connectivity index (χ4n) is 5.69. The van der Waals surface area contributed by atoms with E-state index in [2.05, 4.69) is 28.1 Å². The van der Waals surface area contributed by atoms with Crippen LogP contribution in [0, 0.1) is 12.8 Å². The maximum atomic E-state index is 12.6. The van der Waals surface area contributed by atoms with Gasteiger partial charge >= 0.3 is 0 Å². The Labute approximate surface area is 228 Å². The summed E-state index contributed by atoms with van der Waals surface area (Å²) in [5.74, 6) is 0.672. The largest absolute Gasteiger partial charge is 0.356 e. The summed E-state index contributed by atoms with van der Waals surface area (Å²) in [4.78, 5) is 5.18. The molecule has 204 valence electrons. The lowest BCUT2D eigenvalue weighted by atomic mass is 9.81. The van der Waals surface area contributed by atoms with Gasteiger partial charge < -0.3 is 4.74 Å². The Bertz CT molecular complexity index is 1590. The number of ether oxygens (including phenoxy) is 1. The van der Waals surface area contributed by atoms with E-state index >= 15 is 0 Å². The zero-order valence-electron chi connectivity index (χ0n) is 22.1. The fraction of sp³-hybridized carbons (Fsp3) is 0.483. The molecule has 39 heavy (non-hydrogen) atoms. The topological polar surface area (TPSA) is 101 Å². The lowest BCUT2D eigenvalue weighted by Gasteiger charge is -2.34. The third kappa shape index (κ3) is 4.90. The van der Waals surface area contributed by atoms with Crippen LogP contribution in [0.1, 0.15) is 74.4 Å². The normalized spacial score (nSPS) is 23.7. The Morgan fingerprint density at radius 3 is 2.62 bits per heavy atom. The maximum Gasteiger partial charge on any atom is 0.296 e. The fourth-order valence-corrected chi connectivity index (χ4v) is 6.67. The summed E-state index contributed by atoms with van der Waals surface area (Å²) in [7, 11) is -3.74. The van der Waals surface area contributed by atoms with E-state index in [1.54, 1.807) is 24.3 Å². The van der Waals surface area contributed by atoms with Crippen LogP contribution >= 0.6 is 0 Å². The predicted octanol–water partition coefficient (Wildman–Crippen LogP) is 5.54. The number of benzene rings is 1. The van der Waals surface area contributed by atoms with E-state index in [0.717, 1.165) is 85.1 Å². The van der Waals surface area contributed by atoms with Crippen molar-refractivity contribution in [3.63, 3.8) is 0 Å². The molecule has 2 saturated carbocycles. The Kier molecular flexibility index (Phi) is 6.28. The minimum Gasteiger partial charge on any atom is -0.356 e. The molecule has 0 radical (unpaired) electrons. The molecule has 4 heterocycles. The van der Waals surface area contributed by atoms with Crippen molar-refractivity contribution in [1.29, 1.82) is 0 Å². The van der Waals surface area contributed by atoms with Crippen molar-refractivity contribution in [3.8, 4) is 11.3 Å². The van der Waals surface area contributed by atoms with Crippen LogP contribution in [0.15, 0.2) is 53.7 Å². The maximum absolute atomic E-state index is 12.6. The number of hydrogen-bond acceptors (Lipinski definition) is 7. The molecule has 4 aromatic rings. The average Bonchev–Trinajstić information content (AvgIpc) is 3.53. The van der Waals surface area contributed by atoms with Gasteiger partial charge in [0.1, 0.15) is 5.52 Å². The van der Waals surface area contributed by atoms with Crippen molar-refractivity contribution in [2.75, 3.05) is 13.2 Å². The summed E-state index contributed by atoms with van der Waals surface area (Å²) < 4.78 is 40.5. The third-order valence-electron chi connectivity index (χ3n) is 8.24. The first-order valence-corrected chi connectivity index (χ1v) is 15.4. The first kappa shape index (κ1) is 24.9. The summed E-state index contributed by atoms with van der Waals surface area (Å²) in [5, 5.41) is 9.60. The zero-order valence-corrected chi connectivity index (χ0v) is 22.9. The molecule has 0 amide bonds. The van der Waals surface area contributed by atoms with Gasteiger partial charge in [-0.2, -0.15) is 18.6 Å². The highest BCUT2D eigenvalue weighted by Crippen LogP contribution is 2.46. The number of rotatable bonds is 8. The van der Waals surface area contributed by atoms with Crippen molar-refractivity contribution < 1.29 is 17.3 Å². The summed E-state index contributed by atoms with van der Waals surface area (Å²) in [5.41, 5.74) is 6.00. The Morgan fingerprint density at radius 1 is 1.05 bits per heavy atom. The van der Waals surface area contributed by atoms with Crippen LogP contribution in [0.25, 0.3) is 22.3 Å². The van der Waals surface area contributed by atoms with Crippen LogP contribution in [0.4, 0.5) is 0 Å². The van der Waals surface area contributed by atoms with E-state index < -0.39 is 10.1 Å². The van der Waals surface area contributed by atoms with Gasteiger partial charge in [-0.3, -0.25) is 8.86 Å². The number of aromatic nitrogens is 5. The molecule has 1 unspecified atom stereocenters. The van der Waals surface area contributed by atoms with Crippen LogP contribution < -0.4 is 0 Å². The number of pyridine rings is 1. The first-order valence-electron chi connectivity index (χ1n) is 14.0. The molecular formula is C29H33N5O4S. The van der Waals surface area contributed by atoms with Crippen LogP contribution in [0.3, 0.4) is 0 Å². The highest BCUT2D eigenvalue weighted by Gasteiger charge is 2.36. The molecule has 0 spiro atoms. The van der Waals surface area contributed by atoms with Gasteiger partial charge in [-0.05, 0) is 82.1 Å². The number of hydrogen-bond donors (Lipinski definition) is 0. The van der Waals surface area contributed by atoms with Crippen LogP contribution in [-0.2, 0) is 19.0 Å². The van der Waals surface area contributed by atoms with E-state index in [-0.39, 0.29) is 29.7 Å². The molecule has 0 bridgehead atoms. The number of aryl methyl sites for hydroxylation is 1. The minimum atomic E-state index is -3.74. The Morgan fingerprint density at radius 2 is 1.87 bits per heavy atom. The molecule has 0 N–H and O–H groups in total. The molecular weight excluding hydrogens is 514 g/mol. The molecule has 10 heteroatoms. The molecule has 1 saturated heterocycles. The number of fused-ring (bicyclic) bond motifs is 1. The second-order valence-electron chi connectivity index (χ2n) is 11.2. The smallest absolute Gasteiger partial charge is 0.296 e.